The molecule has 1 saturated carbocycles. The highest BCUT2D eigenvalue weighted by Gasteiger charge is 2.47. The number of nitrogens with zero attached hydrogens (tertiary/aromatic N) is 3. The third-order valence-electron chi connectivity index (χ3n) is 5.86. The first-order chi connectivity index (χ1) is 14.6. The molecule has 0 saturated heterocycles. The Morgan fingerprint density at radius 1 is 1.19 bits per heavy atom. The van der Waals surface area contributed by atoms with Gasteiger partial charge in [0.15, 0.2) is 9.84 Å². The standard InChI is InChI=1S/C23H26FN3O3S/c1-4-9-26-15-18(5-8-22(26)28)27-14-17(13-25-27)21-7-6-19(10-16(21)2)31(29,30)20-11-23(3,24)12-20/h5-8,10,13-15,20H,4,9,11-12H2,1-3H3. The van der Waals surface area contributed by atoms with E-state index >= 15 is 0 Å². The molecule has 0 aliphatic heterocycles. The summed E-state index contributed by atoms with van der Waals surface area (Å²) in [5.41, 5.74) is 1.85. The Bertz CT molecular complexity index is 1280. The third-order valence-corrected chi connectivity index (χ3v) is 7.98. The number of benzene rings is 1. The van der Waals surface area contributed by atoms with E-state index in [9.17, 15) is 17.6 Å². The minimum atomic E-state index is -3.54. The predicted octanol–water partition coefficient (Wildman–Crippen LogP) is 4.08. The lowest BCUT2D eigenvalue weighted by Crippen LogP contribution is -2.45. The molecule has 3 aromatic rings. The van der Waals surface area contributed by atoms with Crippen LogP contribution in [0.25, 0.3) is 16.8 Å². The van der Waals surface area contributed by atoms with Crippen molar-refractivity contribution in [2.75, 3.05) is 0 Å². The summed E-state index contributed by atoms with van der Waals surface area (Å²) < 4.78 is 42.7. The third kappa shape index (κ3) is 4.08. The van der Waals surface area contributed by atoms with Crippen molar-refractivity contribution in [2.24, 2.45) is 0 Å². The van der Waals surface area contributed by atoms with Crippen molar-refractivity contribution >= 4 is 9.84 Å². The van der Waals surface area contributed by atoms with Gasteiger partial charge in [-0.05, 0) is 62.4 Å². The van der Waals surface area contributed by atoms with Crippen LogP contribution in [0, 0.1) is 6.92 Å². The molecule has 1 aliphatic rings. The van der Waals surface area contributed by atoms with Crippen molar-refractivity contribution in [1.82, 2.24) is 14.3 Å². The van der Waals surface area contributed by atoms with Gasteiger partial charge in [-0.3, -0.25) is 4.79 Å². The number of sulfone groups is 1. The van der Waals surface area contributed by atoms with E-state index in [0.717, 1.165) is 28.8 Å². The van der Waals surface area contributed by atoms with Crippen LogP contribution in [-0.2, 0) is 16.4 Å². The Morgan fingerprint density at radius 3 is 2.58 bits per heavy atom. The zero-order chi connectivity index (χ0) is 22.4. The first kappa shape index (κ1) is 21.5. The van der Waals surface area contributed by atoms with Crippen LogP contribution in [0.4, 0.5) is 4.39 Å². The van der Waals surface area contributed by atoms with Gasteiger partial charge in [0.25, 0.3) is 5.56 Å². The smallest absolute Gasteiger partial charge is 0.250 e. The van der Waals surface area contributed by atoms with Gasteiger partial charge in [0.05, 0.1) is 22.0 Å². The average Bonchev–Trinajstić information content (AvgIpc) is 3.17. The van der Waals surface area contributed by atoms with E-state index in [-0.39, 0.29) is 23.3 Å². The van der Waals surface area contributed by atoms with Gasteiger partial charge >= 0.3 is 0 Å². The maximum absolute atomic E-state index is 13.8. The summed E-state index contributed by atoms with van der Waals surface area (Å²) >= 11 is 0. The van der Waals surface area contributed by atoms with Gasteiger partial charge in [-0.15, -0.1) is 0 Å². The zero-order valence-electron chi connectivity index (χ0n) is 17.9. The fraction of sp³-hybridized carbons (Fsp3) is 0.391. The molecule has 0 radical (unpaired) electrons. The fourth-order valence-corrected chi connectivity index (χ4v) is 6.23. The average molecular weight is 444 g/mol. The molecule has 0 spiro atoms. The van der Waals surface area contributed by atoms with Gasteiger partial charge < -0.3 is 4.57 Å². The van der Waals surface area contributed by atoms with Crippen molar-refractivity contribution in [2.45, 2.75) is 62.4 Å². The molecule has 2 heterocycles. The molecule has 0 unspecified atom stereocenters. The van der Waals surface area contributed by atoms with Crippen molar-refractivity contribution in [3.63, 3.8) is 0 Å². The molecule has 0 bridgehead atoms. The summed E-state index contributed by atoms with van der Waals surface area (Å²) in [6.45, 7) is 5.95. The highest BCUT2D eigenvalue weighted by Crippen LogP contribution is 2.42. The Morgan fingerprint density at radius 2 is 1.94 bits per heavy atom. The highest BCUT2D eigenvalue weighted by molar-refractivity contribution is 7.92. The lowest BCUT2D eigenvalue weighted by atomic mass is 9.83. The van der Waals surface area contributed by atoms with Gasteiger partial charge in [-0.25, -0.2) is 17.5 Å². The molecule has 1 fully saturated rings. The van der Waals surface area contributed by atoms with E-state index < -0.39 is 20.8 Å². The molecule has 164 valence electrons. The molecule has 4 rings (SSSR count). The second-order valence-electron chi connectivity index (χ2n) is 8.56. The minimum absolute atomic E-state index is 0.0447. The largest absolute Gasteiger partial charge is 0.313 e. The van der Waals surface area contributed by atoms with Crippen LogP contribution in [0.15, 0.2) is 58.6 Å². The maximum atomic E-state index is 13.8. The van der Waals surface area contributed by atoms with Crippen LogP contribution in [0.3, 0.4) is 0 Å². The van der Waals surface area contributed by atoms with Crippen LogP contribution in [-0.4, -0.2) is 33.7 Å². The number of rotatable bonds is 6. The van der Waals surface area contributed by atoms with Crippen molar-refractivity contribution in [3.8, 4) is 16.8 Å². The first-order valence-electron chi connectivity index (χ1n) is 10.4. The summed E-state index contributed by atoms with van der Waals surface area (Å²) in [5.74, 6) is 0. The van der Waals surface area contributed by atoms with E-state index in [1.165, 1.54) is 13.0 Å². The summed E-state index contributed by atoms with van der Waals surface area (Å²) in [6, 6.07) is 8.27. The van der Waals surface area contributed by atoms with E-state index in [0.29, 0.717) is 6.54 Å². The molecule has 0 N–H and O–H groups in total. The Hall–Kier alpha value is -2.74. The van der Waals surface area contributed by atoms with Gasteiger partial charge in [-0.2, -0.15) is 5.10 Å². The monoisotopic (exact) mass is 443 g/mol. The quantitative estimate of drug-likeness (QED) is 0.575. The second-order valence-corrected chi connectivity index (χ2v) is 10.8. The molecule has 6 nitrogen and oxygen atoms in total. The van der Waals surface area contributed by atoms with Crippen molar-refractivity contribution in [3.05, 3.63) is 64.8 Å². The highest BCUT2D eigenvalue weighted by atomic mass is 32.2. The molecule has 8 heteroatoms. The number of aromatic nitrogens is 3. The van der Waals surface area contributed by atoms with E-state index in [4.69, 9.17) is 0 Å². The summed E-state index contributed by atoms with van der Waals surface area (Å²) in [4.78, 5) is 12.2. The second kappa shape index (κ2) is 7.75. The number of aryl methyl sites for hydroxylation is 2. The van der Waals surface area contributed by atoms with E-state index in [1.807, 2.05) is 20.0 Å². The molecule has 2 aromatic heterocycles. The van der Waals surface area contributed by atoms with Gasteiger partial charge in [-0.1, -0.05) is 13.0 Å². The topological polar surface area (TPSA) is 74.0 Å². The fourth-order valence-electron chi connectivity index (χ4n) is 4.11. The summed E-state index contributed by atoms with van der Waals surface area (Å²) in [5, 5.41) is 3.76. The maximum Gasteiger partial charge on any atom is 0.250 e. The number of alkyl halides is 1. The van der Waals surface area contributed by atoms with Crippen LogP contribution in [0.2, 0.25) is 0 Å². The number of pyridine rings is 1. The molecule has 31 heavy (non-hydrogen) atoms. The Labute approximate surface area is 181 Å². The molecule has 0 atom stereocenters. The zero-order valence-corrected chi connectivity index (χ0v) is 18.7. The molecule has 0 amide bonds. The Balaban J connectivity index is 1.61. The Kier molecular flexibility index (Phi) is 5.37. The van der Waals surface area contributed by atoms with Gasteiger partial charge in [0.1, 0.15) is 5.67 Å². The summed E-state index contributed by atoms with van der Waals surface area (Å²) in [7, 11) is -3.54. The van der Waals surface area contributed by atoms with Gasteiger partial charge in [0, 0.05) is 30.6 Å². The number of hydrogen-bond donors (Lipinski definition) is 0. The lowest BCUT2D eigenvalue weighted by molar-refractivity contribution is 0.0891. The first-order valence-corrected chi connectivity index (χ1v) is 11.9. The van der Waals surface area contributed by atoms with E-state index in [1.54, 1.807) is 45.9 Å². The molecule has 1 aliphatic carbocycles. The van der Waals surface area contributed by atoms with Crippen LogP contribution in [0.5, 0.6) is 0 Å². The van der Waals surface area contributed by atoms with Crippen LogP contribution >= 0.6 is 0 Å². The van der Waals surface area contributed by atoms with Crippen molar-refractivity contribution in [1.29, 1.82) is 0 Å². The van der Waals surface area contributed by atoms with Crippen LogP contribution in [0.1, 0.15) is 38.7 Å². The molecular weight excluding hydrogens is 417 g/mol. The van der Waals surface area contributed by atoms with Crippen molar-refractivity contribution < 1.29 is 12.8 Å². The minimum Gasteiger partial charge on any atom is -0.313 e. The normalized spacial score (nSPS) is 21.1. The summed E-state index contributed by atoms with van der Waals surface area (Å²) in [6.07, 6.45) is 6.29. The SMILES string of the molecule is CCCn1cc(-n2cc(-c3ccc(S(=O)(=O)C4CC(C)(F)C4)cc3C)cn2)ccc1=O. The number of hydrogen-bond acceptors (Lipinski definition) is 4. The lowest BCUT2D eigenvalue weighted by Gasteiger charge is -2.38. The molecule has 1 aromatic carbocycles. The van der Waals surface area contributed by atoms with Crippen LogP contribution < -0.4 is 5.56 Å². The molecular formula is C23H26FN3O3S. The predicted molar refractivity (Wildman–Crippen MR) is 118 cm³/mol. The van der Waals surface area contributed by atoms with Gasteiger partial charge in [0.2, 0.25) is 0 Å². The van der Waals surface area contributed by atoms with E-state index in [2.05, 4.69) is 5.10 Å². The number of halogens is 1.